The maximum Gasteiger partial charge on any atom is 0.149 e. The summed E-state index contributed by atoms with van der Waals surface area (Å²) in [5.41, 5.74) is 7.97. The average Bonchev–Trinajstić information content (AvgIpc) is 2.47. The summed E-state index contributed by atoms with van der Waals surface area (Å²) in [6.07, 6.45) is 9.20. The minimum atomic E-state index is 0.590. The lowest BCUT2D eigenvalue weighted by Crippen LogP contribution is -2.10. The lowest BCUT2D eigenvalue weighted by molar-refractivity contribution is 0.415. The van der Waals surface area contributed by atoms with E-state index in [-0.39, 0.29) is 0 Å². The second-order valence-electron chi connectivity index (χ2n) is 3.83. The van der Waals surface area contributed by atoms with Gasteiger partial charge in [-0.3, -0.25) is 0 Å². The first-order valence-electron chi connectivity index (χ1n) is 4.93. The fraction of sp³-hybridized carbons (Fsp3) is 0.400. The molecule has 1 fully saturated rings. The van der Waals surface area contributed by atoms with Crippen LogP contribution in [0.2, 0.25) is 0 Å². The Hall–Kier alpha value is -1.58. The summed E-state index contributed by atoms with van der Waals surface area (Å²) in [4.78, 5) is 8.52. The van der Waals surface area contributed by atoms with Gasteiger partial charge in [0.2, 0.25) is 0 Å². The predicted octanol–water partition coefficient (Wildman–Crippen LogP) is 1.58. The van der Waals surface area contributed by atoms with Gasteiger partial charge in [-0.2, -0.15) is 0 Å². The van der Waals surface area contributed by atoms with Crippen LogP contribution in [0.15, 0.2) is 18.7 Å². The summed E-state index contributed by atoms with van der Waals surface area (Å²) < 4.78 is 1.95. The highest BCUT2D eigenvalue weighted by molar-refractivity contribution is 5.69. The van der Waals surface area contributed by atoms with Gasteiger partial charge in [-0.15, -0.1) is 0 Å². The summed E-state index contributed by atoms with van der Waals surface area (Å²) in [6.45, 7) is 0. The number of nitrogens with zero attached hydrogens (tertiary/aromatic N) is 3. The van der Waals surface area contributed by atoms with Crippen molar-refractivity contribution < 1.29 is 0 Å². The molecule has 1 aliphatic carbocycles. The van der Waals surface area contributed by atoms with E-state index in [4.69, 9.17) is 5.73 Å². The lowest BCUT2D eigenvalue weighted by atomic mass is 9.82. The van der Waals surface area contributed by atoms with Crippen LogP contribution >= 0.6 is 0 Å². The van der Waals surface area contributed by atoms with Gasteiger partial charge in [0.15, 0.2) is 0 Å². The molecule has 1 aliphatic rings. The fourth-order valence-electron chi connectivity index (χ4n) is 1.98. The van der Waals surface area contributed by atoms with Crippen LogP contribution in [0.3, 0.4) is 0 Å². The molecule has 1 saturated carbocycles. The number of fused-ring (bicyclic) bond motifs is 1. The van der Waals surface area contributed by atoms with Crippen LogP contribution in [-0.4, -0.2) is 14.4 Å². The summed E-state index contributed by atoms with van der Waals surface area (Å²) in [5.74, 6) is 1.19. The van der Waals surface area contributed by atoms with Crippen LogP contribution in [0.1, 0.15) is 30.9 Å². The standard InChI is InChI=1S/C10H12N4/c11-10-9-8(7-2-1-3-7)13-6-14(9)5-4-12-10/h4-7H,1-3H2,(H2,11,12). The molecule has 0 spiro atoms. The number of aromatic nitrogens is 3. The smallest absolute Gasteiger partial charge is 0.149 e. The fourth-order valence-corrected chi connectivity index (χ4v) is 1.98. The molecule has 3 rings (SSSR count). The molecule has 0 bridgehead atoms. The second kappa shape index (κ2) is 2.70. The van der Waals surface area contributed by atoms with E-state index in [0.717, 1.165) is 11.2 Å². The van der Waals surface area contributed by atoms with E-state index >= 15 is 0 Å². The van der Waals surface area contributed by atoms with E-state index in [9.17, 15) is 0 Å². The van der Waals surface area contributed by atoms with Crippen LogP contribution in [0.25, 0.3) is 5.52 Å². The van der Waals surface area contributed by atoms with E-state index in [1.54, 1.807) is 6.20 Å². The second-order valence-corrected chi connectivity index (χ2v) is 3.83. The van der Waals surface area contributed by atoms with E-state index < -0.39 is 0 Å². The van der Waals surface area contributed by atoms with Crippen LogP contribution < -0.4 is 5.73 Å². The maximum atomic E-state index is 5.85. The first-order chi connectivity index (χ1) is 6.86. The molecule has 0 radical (unpaired) electrons. The van der Waals surface area contributed by atoms with Crippen molar-refractivity contribution in [2.24, 2.45) is 0 Å². The summed E-state index contributed by atoms with van der Waals surface area (Å²) in [5, 5.41) is 0. The highest BCUT2D eigenvalue weighted by Crippen LogP contribution is 2.38. The molecule has 0 aromatic carbocycles. The zero-order valence-electron chi connectivity index (χ0n) is 7.85. The Morgan fingerprint density at radius 1 is 1.36 bits per heavy atom. The molecule has 2 heterocycles. The number of nitrogens with two attached hydrogens (primary N) is 1. The number of nitrogen functional groups attached to an aromatic ring is 1. The molecule has 4 nitrogen and oxygen atoms in total. The molecule has 0 saturated heterocycles. The maximum absolute atomic E-state index is 5.85. The Bertz CT molecular complexity index is 470. The van der Waals surface area contributed by atoms with Crippen molar-refractivity contribution in [3.8, 4) is 0 Å². The van der Waals surface area contributed by atoms with Crippen molar-refractivity contribution in [2.75, 3.05) is 5.73 Å². The van der Waals surface area contributed by atoms with Crippen molar-refractivity contribution in [3.63, 3.8) is 0 Å². The molecule has 14 heavy (non-hydrogen) atoms. The Balaban J connectivity index is 2.23. The monoisotopic (exact) mass is 188 g/mol. The molecular weight excluding hydrogens is 176 g/mol. The van der Waals surface area contributed by atoms with E-state index in [1.807, 2.05) is 16.9 Å². The molecule has 0 amide bonds. The van der Waals surface area contributed by atoms with Crippen LogP contribution in [0.5, 0.6) is 0 Å². The van der Waals surface area contributed by atoms with E-state index in [0.29, 0.717) is 11.7 Å². The molecule has 0 unspecified atom stereocenters. The van der Waals surface area contributed by atoms with Crippen molar-refractivity contribution in [2.45, 2.75) is 25.2 Å². The van der Waals surface area contributed by atoms with Gasteiger partial charge in [0.1, 0.15) is 11.3 Å². The minimum Gasteiger partial charge on any atom is -0.382 e. The quantitative estimate of drug-likeness (QED) is 0.739. The minimum absolute atomic E-state index is 0.590. The SMILES string of the molecule is Nc1nccn2cnc(C3CCC3)c12. The van der Waals surface area contributed by atoms with Crippen molar-refractivity contribution in [1.82, 2.24) is 14.4 Å². The van der Waals surface area contributed by atoms with Crippen LogP contribution in [-0.2, 0) is 0 Å². The molecular formula is C10H12N4. The zero-order valence-corrected chi connectivity index (χ0v) is 7.85. The molecule has 72 valence electrons. The number of rotatable bonds is 1. The summed E-state index contributed by atoms with van der Waals surface area (Å²) in [6, 6.07) is 0. The molecule has 2 aromatic heterocycles. The third-order valence-electron chi connectivity index (χ3n) is 3.00. The lowest BCUT2D eigenvalue weighted by Gasteiger charge is -2.23. The number of hydrogen-bond acceptors (Lipinski definition) is 3. The third kappa shape index (κ3) is 0.937. The molecule has 2 N–H and O–H groups in total. The van der Waals surface area contributed by atoms with Gasteiger partial charge in [0.05, 0.1) is 12.0 Å². The van der Waals surface area contributed by atoms with Crippen LogP contribution in [0, 0.1) is 0 Å². The first kappa shape index (κ1) is 7.79. The highest BCUT2D eigenvalue weighted by Gasteiger charge is 2.24. The molecule has 4 heteroatoms. The van der Waals surface area contributed by atoms with Crippen molar-refractivity contribution >= 4 is 11.3 Å². The summed E-state index contributed by atoms with van der Waals surface area (Å²) in [7, 11) is 0. The van der Waals surface area contributed by atoms with Gasteiger partial charge in [0.25, 0.3) is 0 Å². The Kier molecular flexibility index (Phi) is 1.50. The topological polar surface area (TPSA) is 56.2 Å². The first-order valence-corrected chi connectivity index (χ1v) is 4.93. The number of anilines is 1. The van der Waals surface area contributed by atoms with Crippen LogP contribution in [0.4, 0.5) is 5.82 Å². The summed E-state index contributed by atoms with van der Waals surface area (Å²) >= 11 is 0. The van der Waals surface area contributed by atoms with Gasteiger partial charge >= 0.3 is 0 Å². The normalized spacial score (nSPS) is 17.1. The van der Waals surface area contributed by atoms with Gasteiger partial charge in [-0.05, 0) is 12.8 Å². The van der Waals surface area contributed by atoms with Gasteiger partial charge in [-0.25, -0.2) is 9.97 Å². The van der Waals surface area contributed by atoms with Crippen molar-refractivity contribution in [1.29, 1.82) is 0 Å². The Morgan fingerprint density at radius 3 is 2.93 bits per heavy atom. The molecule has 0 atom stereocenters. The van der Waals surface area contributed by atoms with Gasteiger partial charge in [0, 0.05) is 18.3 Å². The van der Waals surface area contributed by atoms with Gasteiger partial charge in [-0.1, -0.05) is 6.42 Å². The Labute approximate surface area is 81.8 Å². The largest absolute Gasteiger partial charge is 0.382 e. The zero-order chi connectivity index (χ0) is 9.54. The van der Waals surface area contributed by atoms with E-state index in [2.05, 4.69) is 9.97 Å². The molecule has 2 aromatic rings. The molecule has 0 aliphatic heterocycles. The van der Waals surface area contributed by atoms with Crippen molar-refractivity contribution in [3.05, 3.63) is 24.4 Å². The number of imidazole rings is 1. The average molecular weight is 188 g/mol. The van der Waals surface area contributed by atoms with Gasteiger partial charge < -0.3 is 10.1 Å². The van der Waals surface area contributed by atoms with E-state index in [1.165, 1.54) is 19.3 Å². The highest BCUT2D eigenvalue weighted by atomic mass is 15.0. The number of hydrogen-bond donors (Lipinski definition) is 1. The third-order valence-corrected chi connectivity index (χ3v) is 3.00. The predicted molar refractivity (Wildman–Crippen MR) is 54.0 cm³/mol. The Morgan fingerprint density at radius 2 is 2.21 bits per heavy atom.